The van der Waals surface area contributed by atoms with Gasteiger partial charge < -0.3 is 14.5 Å². The summed E-state index contributed by atoms with van der Waals surface area (Å²) < 4.78 is 28.7. The summed E-state index contributed by atoms with van der Waals surface area (Å²) in [5.74, 6) is -0.204. The van der Waals surface area contributed by atoms with Gasteiger partial charge in [-0.2, -0.15) is 0 Å². The van der Waals surface area contributed by atoms with Crippen LogP contribution in [-0.2, 0) is 4.74 Å². The van der Waals surface area contributed by atoms with Crippen LogP contribution in [0.25, 0.3) is 28.3 Å². The number of anilines is 1. The number of nitrogens with zero attached hydrogens (tertiary/aromatic N) is 5. The van der Waals surface area contributed by atoms with Crippen molar-refractivity contribution in [2.75, 3.05) is 5.32 Å². The molecule has 0 fully saturated rings. The van der Waals surface area contributed by atoms with E-state index in [0.717, 1.165) is 0 Å². The molecule has 4 heterocycles. The lowest BCUT2D eigenvalue weighted by molar-refractivity contribution is 0.0540. The molecule has 38 heavy (non-hydrogen) atoms. The minimum Gasteiger partial charge on any atom is -0.443 e. The third-order valence-corrected chi connectivity index (χ3v) is 5.55. The number of hydrogen-bond acceptors (Lipinski definition) is 7. The quantitative estimate of drug-likeness (QED) is 0.328. The number of amides is 1. The van der Waals surface area contributed by atoms with Crippen LogP contribution < -0.4 is 5.32 Å². The van der Waals surface area contributed by atoms with Crippen molar-refractivity contribution in [1.29, 1.82) is 0 Å². The van der Waals surface area contributed by atoms with Gasteiger partial charge in [-0.25, -0.2) is 24.1 Å². The number of carbonyl (C=O) groups is 2. The number of ether oxygens (including phenoxy) is 1. The first kappa shape index (κ1) is 24.9. The van der Waals surface area contributed by atoms with Crippen LogP contribution in [0.2, 0.25) is 0 Å². The summed E-state index contributed by atoms with van der Waals surface area (Å²) in [4.78, 5) is 38.2. The molecule has 0 saturated heterocycles. The van der Waals surface area contributed by atoms with E-state index < -0.39 is 23.4 Å². The van der Waals surface area contributed by atoms with Crippen molar-refractivity contribution >= 4 is 23.5 Å². The number of rotatable bonds is 4. The van der Waals surface area contributed by atoms with E-state index in [1.165, 1.54) is 22.8 Å². The highest BCUT2D eigenvalue weighted by Crippen LogP contribution is 2.28. The van der Waals surface area contributed by atoms with E-state index in [1.807, 2.05) is 0 Å². The highest BCUT2D eigenvalue weighted by Gasteiger charge is 2.21. The molecule has 0 aliphatic heterocycles. The van der Waals surface area contributed by atoms with E-state index in [1.54, 1.807) is 75.9 Å². The summed E-state index contributed by atoms with van der Waals surface area (Å²) in [6.45, 7) is 8.71. The van der Waals surface area contributed by atoms with Crippen LogP contribution in [0, 0.1) is 19.7 Å². The summed E-state index contributed by atoms with van der Waals surface area (Å²) in [7, 11) is 0. The summed E-state index contributed by atoms with van der Waals surface area (Å²) in [6, 6.07) is 7.70. The molecule has 1 N–H and O–H groups in total. The molecule has 1 aromatic carbocycles. The third kappa shape index (κ3) is 4.90. The van der Waals surface area contributed by atoms with Gasteiger partial charge in [0.15, 0.2) is 5.89 Å². The van der Waals surface area contributed by atoms with E-state index >= 15 is 0 Å². The lowest BCUT2D eigenvalue weighted by atomic mass is 10.1. The molecule has 0 aliphatic rings. The molecule has 0 atom stereocenters. The van der Waals surface area contributed by atoms with Crippen molar-refractivity contribution in [2.45, 2.75) is 40.2 Å². The maximum absolute atomic E-state index is 14.8. The molecule has 0 unspecified atom stereocenters. The van der Waals surface area contributed by atoms with Gasteiger partial charge in [0.25, 0.3) is 5.91 Å². The topological polar surface area (TPSA) is 117 Å². The van der Waals surface area contributed by atoms with Crippen molar-refractivity contribution in [1.82, 2.24) is 23.9 Å². The van der Waals surface area contributed by atoms with Crippen LogP contribution >= 0.6 is 0 Å². The normalized spacial score (nSPS) is 11.6. The van der Waals surface area contributed by atoms with Gasteiger partial charge >= 0.3 is 6.09 Å². The van der Waals surface area contributed by atoms with Crippen molar-refractivity contribution in [3.8, 4) is 22.5 Å². The van der Waals surface area contributed by atoms with Crippen LogP contribution in [0.3, 0.4) is 0 Å². The van der Waals surface area contributed by atoms with E-state index in [0.29, 0.717) is 40.0 Å². The fraction of sp³-hybridized carbons (Fsp3) is 0.222. The molecule has 0 spiro atoms. The van der Waals surface area contributed by atoms with Gasteiger partial charge in [0.1, 0.15) is 11.4 Å². The Morgan fingerprint density at radius 2 is 1.89 bits per heavy atom. The molecule has 194 valence electrons. The molecule has 11 heteroatoms. The lowest BCUT2D eigenvalue weighted by Gasteiger charge is -2.20. The first-order chi connectivity index (χ1) is 18.0. The molecule has 10 nitrogen and oxygen atoms in total. The van der Waals surface area contributed by atoms with Crippen LogP contribution in [0.1, 0.15) is 42.9 Å². The zero-order chi connectivity index (χ0) is 27.2. The number of oxazole rings is 1. The molecule has 0 radical (unpaired) electrons. The second-order valence-corrected chi connectivity index (χ2v) is 9.72. The monoisotopic (exact) mass is 516 g/mol. The van der Waals surface area contributed by atoms with E-state index in [4.69, 9.17) is 9.15 Å². The summed E-state index contributed by atoms with van der Waals surface area (Å²) in [5.41, 5.74) is 1.89. The summed E-state index contributed by atoms with van der Waals surface area (Å²) >= 11 is 0. The summed E-state index contributed by atoms with van der Waals surface area (Å²) in [6.07, 6.45) is 6.05. The number of hydrogen-bond donors (Lipinski definition) is 1. The van der Waals surface area contributed by atoms with Crippen LogP contribution in [0.5, 0.6) is 0 Å². The minimum atomic E-state index is -0.648. The fourth-order valence-corrected chi connectivity index (χ4v) is 3.96. The van der Waals surface area contributed by atoms with Gasteiger partial charge in [-0.15, -0.1) is 0 Å². The van der Waals surface area contributed by atoms with Crippen LogP contribution in [0.15, 0.2) is 59.5 Å². The minimum absolute atomic E-state index is 0.0916. The number of aryl methyl sites for hydroxylation is 2. The highest BCUT2D eigenvalue weighted by molar-refractivity contribution is 6.03. The molecule has 4 aromatic heterocycles. The first-order valence-electron chi connectivity index (χ1n) is 11.8. The predicted octanol–water partition coefficient (Wildman–Crippen LogP) is 5.64. The Labute approximate surface area is 217 Å². The standard InChI is InChI=1S/C27H25FN6O4/c1-15-23(37-16(2)30-15)24(35)31-18-8-9-20(28)19(11-18)21-14-33-13-17(12-29-25(33)32-21)22-7-6-10-34(22)26(36)38-27(3,4)5/h6-14H,1-5H3,(H,31,35). The Hall–Kier alpha value is -4.80. The predicted molar refractivity (Wildman–Crippen MR) is 137 cm³/mol. The number of imidazole rings is 1. The maximum atomic E-state index is 14.8. The Kier molecular flexibility index (Phi) is 6.06. The molecular weight excluding hydrogens is 491 g/mol. The van der Waals surface area contributed by atoms with E-state index in [9.17, 15) is 14.0 Å². The second-order valence-electron chi connectivity index (χ2n) is 9.72. The number of fused-ring (bicyclic) bond motifs is 1. The van der Waals surface area contributed by atoms with Gasteiger partial charge in [-0.05, 0) is 58.0 Å². The first-order valence-corrected chi connectivity index (χ1v) is 11.8. The summed E-state index contributed by atoms with van der Waals surface area (Å²) in [5, 5.41) is 2.71. The molecular formula is C27H25FN6O4. The molecule has 0 aliphatic carbocycles. The molecule has 5 aromatic rings. The largest absolute Gasteiger partial charge is 0.443 e. The Morgan fingerprint density at radius 1 is 1.11 bits per heavy atom. The van der Waals surface area contributed by atoms with Gasteiger partial charge in [0.2, 0.25) is 11.5 Å². The number of nitrogens with one attached hydrogen (secondary N) is 1. The maximum Gasteiger partial charge on any atom is 0.418 e. The van der Waals surface area contributed by atoms with E-state index in [2.05, 4.69) is 20.3 Å². The Morgan fingerprint density at radius 3 is 2.61 bits per heavy atom. The Balaban J connectivity index is 1.45. The van der Waals surface area contributed by atoms with Gasteiger partial charge in [-0.3, -0.25) is 13.8 Å². The van der Waals surface area contributed by atoms with Crippen molar-refractivity contribution in [3.05, 3.63) is 78.3 Å². The molecule has 1 amide bonds. The van der Waals surface area contributed by atoms with Crippen molar-refractivity contribution in [2.24, 2.45) is 0 Å². The SMILES string of the molecule is Cc1nc(C)c(C(=O)Nc2ccc(F)c(-c3cn4cc(-c5cccn5C(=O)OC(C)(C)C)cnc4n3)c2)o1. The lowest BCUT2D eigenvalue weighted by Crippen LogP contribution is -2.27. The smallest absolute Gasteiger partial charge is 0.418 e. The zero-order valence-corrected chi connectivity index (χ0v) is 21.4. The number of aromatic nitrogens is 5. The third-order valence-electron chi connectivity index (χ3n) is 5.55. The number of benzene rings is 1. The van der Waals surface area contributed by atoms with Gasteiger partial charge in [-0.1, -0.05) is 0 Å². The molecule has 5 rings (SSSR count). The second kappa shape index (κ2) is 9.25. The molecule has 0 bridgehead atoms. The molecule has 0 saturated carbocycles. The van der Waals surface area contributed by atoms with Gasteiger partial charge in [0.05, 0.1) is 17.1 Å². The van der Waals surface area contributed by atoms with Crippen molar-refractivity contribution < 1.29 is 23.1 Å². The zero-order valence-electron chi connectivity index (χ0n) is 21.4. The van der Waals surface area contributed by atoms with Crippen molar-refractivity contribution in [3.63, 3.8) is 0 Å². The Bertz CT molecular complexity index is 1690. The highest BCUT2D eigenvalue weighted by atomic mass is 19.1. The number of halogens is 1. The van der Waals surface area contributed by atoms with Gasteiger partial charge in [0, 0.05) is 48.5 Å². The number of carbonyl (C=O) groups excluding carboxylic acids is 2. The average molecular weight is 517 g/mol. The fourth-order valence-electron chi connectivity index (χ4n) is 3.96. The van der Waals surface area contributed by atoms with Crippen LogP contribution in [0.4, 0.5) is 14.9 Å². The van der Waals surface area contributed by atoms with Crippen LogP contribution in [-0.4, -0.2) is 41.5 Å². The van der Waals surface area contributed by atoms with E-state index in [-0.39, 0.29) is 11.3 Å². The average Bonchev–Trinajstić information content (AvgIpc) is 3.56.